The molecule has 1 heterocycles. The van der Waals surface area contributed by atoms with E-state index in [0.717, 1.165) is 31.4 Å². The van der Waals surface area contributed by atoms with E-state index in [-0.39, 0.29) is 5.60 Å². The summed E-state index contributed by atoms with van der Waals surface area (Å²) in [7, 11) is 3.37. The molecule has 1 aliphatic carbocycles. The van der Waals surface area contributed by atoms with Crippen LogP contribution in [0.2, 0.25) is 5.15 Å². The van der Waals surface area contributed by atoms with Crippen LogP contribution in [0, 0.1) is 0 Å². The van der Waals surface area contributed by atoms with Gasteiger partial charge in [0, 0.05) is 14.2 Å². The highest BCUT2D eigenvalue weighted by molar-refractivity contribution is 6.29. The minimum absolute atomic E-state index is 0.369. The fourth-order valence-corrected chi connectivity index (χ4v) is 2.74. The van der Waals surface area contributed by atoms with E-state index in [2.05, 4.69) is 9.97 Å². The molecule has 0 aliphatic heterocycles. The summed E-state index contributed by atoms with van der Waals surface area (Å²) < 4.78 is 10.8. The second-order valence-corrected chi connectivity index (χ2v) is 5.08. The minimum atomic E-state index is -0.369. The smallest absolute Gasteiger partial charge is 0.162 e. The molecule has 18 heavy (non-hydrogen) atoms. The molecule has 0 saturated heterocycles. The van der Waals surface area contributed by atoms with E-state index < -0.39 is 0 Å². The Morgan fingerprint density at radius 2 is 1.94 bits per heavy atom. The fourth-order valence-electron chi connectivity index (χ4n) is 2.53. The van der Waals surface area contributed by atoms with Gasteiger partial charge >= 0.3 is 0 Å². The van der Waals surface area contributed by atoms with E-state index in [1.54, 1.807) is 20.3 Å². The zero-order valence-electron chi connectivity index (χ0n) is 10.9. The standard InChI is InChI=1S/C13H19ClN2O2/c1-17-9-10-8-11(14)16-12(15-10)13(18-2)6-4-3-5-7-13/h8H,3-7,9H2,1-2H3. The molecule has 0 atom stereocenters. The third-order valence-corrected chi connectivity index (χ3v) is 3.69. The molecule has 1 saturated carbocycles. The van der Waals surface area contributed by atoms with Gasteiger partial charge in [0.1, 0.15) is 10.8 Å². The van der Waals surface area contributed by atoms with Crippen molar-refractivity contribution in [1.82, 2.24) is 9.97 Å². The maximum Gasteiger partial charge on any atom is 0.162 e. The second kappa shape index (κ2) is 5.95. The van der Waals surface area contributed by atoms with E-state index in [1.165, 1.54) is 6.42 Å². The highest BCUT2D eigenvalue weighted by atomic mass is 35.5. The van der Waals surface area contributed by atoms with Gasteiger partial charge in [-0.25, -0.2) is 9.97 Å². The zero-order valence-corrected chi connectivity index (χ0v) is 11.7. The Balaban J connectivity index is 2.34. The second-order valence-electron chi connectivity index (χ2n) is 4.70. The molecule has 0 aromatic carbocycles. The third kappa shape index (κ3) is 2.82. The van der Waals surface area contributed by atoms with Crippen molar-refractivity contribution in [1.29, 1.82) is 0 Å². The summed E-state index contributed by atoms with van der Waals surface area (Å²) >= 11 is 6.06. The van der Waals surface area contributed by atoms with Crippen molar-refractivity contribution in [3.63, 3.8) is 0 Å². The molecule has 1 aromatic heterocycles. The van der Waals surface area contributed by atoms with Crippen LogP contribution in [0.15, 0.2) is 6.07 Å². The van der Waals surface area contributed by atoms with Crippen molar-refractivity contribution in [2.45, 2.75) is 44.3 Å². The van der Waals surface area contributed by atoms with Crippen LogP contribution in [0.5, 0.6) is 0 Å². The average molecular weight is 271 g/mol. The van der Waals surface area contributed by atoms with Crippen molar-refractivity contribution >= 4 is 11.6 Å². The lowest BCUT2D eigenvalue weighted by molar-refractivity contribution is -0.0518. The van der Waals surface area contributed by atoms with Crippen molar-refractivity contribution in [3.8, 4) is 0 Å². The summed E-state index contributed by atoms with van der Waals surface area (Å²) in [6.07, 6.45) is 5.44. The summed E-state index contributed by atoms with van der Waals surface area (Å²) in [5.74, 6) is 0.698. The Morgan fingerprint density at radius 1 is 1.22 bits per heavy atom. The van der Waals surface area contributed by atoms with Gasteiger partial charge in [0.2, 0.25) is 0 Å². The maximum atomic E-state index is 6.06. The maximum absolute atomic E-state index is 6.06. The van der Waals surface area contributed by atoms with E-state index in [1.807, 2.05) is 0 Å². The molecule has 2 rings (SSSR count). The first kappa shape index (κ1) is 13.7. The van der Waals surface area contributed by atoms with Crippen LogP contribution in [0.4, 0.5) is 0 Å². The Bertz CT molecular complexity index is 406. The Hall–Kier alpha value is -0.710. The van der Waals surface area contributed by atoms with Gasteiger partial charge in [-0.1, -0.05) is 30.9 Å². The predicted octanol–water partition coefficient (Wildman–Crippen LogP) is 3.08. The van der Waals surface area contributed by atoms with Gasteiger partial charge in [-0.05, 0) is 18.9 Å². The van der Waals surface area contributed by atoms with Crippen LogP contribution in [0.1, 0.15) is 43.6 Å². The van der Waals surface area contributed by atoms with Crippen LogP contribution in [0.3, 0.4) is 0 Å². The lowest BCUT2D eigenvalue weighted by Crippen LogP contribution is -2.33. The number of hydrogen-bond donors (Lipinski definition) is 0. The third-order valence-electron chi connectivity index (χ3n) is 3.50. The van der Waals surface area contributed by atoms with Crippen LogP contribution in [-0.2, 0) is 21.7 Å². The number of rotatable bonds is 4. The topological polar surface area (TPSA) is 44.2 Å². The largest absolute Gasteiger partial charge is 0.378 e. The molecular formula is C13H19ClN2O2. The number of ether oxygens (including phenoxy) is 2. The summed E-state index contributed by atoms with van der Waals surface area (Å²) in [5.41, 5.74) is 0.431. The van der Waals surface area contributed by atoms with Gasteiger partial charge in [-0.15, -0.1) is 0 Å². The van der Waals surface area contributed by atoms with Gasteiger partial charge in [-0.3, -0.25) is 0 Å². The minimum Gasteiger partial charge on any atom is -0.378 e. The van der Waals surface area contributed by atoms with Gasteiger partial charge in [0.05, 0.1) is 12.3 Å². The molecule has 0 bridgehead atoms. The Morgan fingerprint density at radius 3 is 2.56 bits per heavy atom. The van der Waals surface area contributed by atoms with Crippen molar-refractivity contribution in [2.24, 2.45) is 0 Å². The van der Waals surface area contributed by atoms with Crippen LogP contribution in [-0.4, -0.2) is 24.2 Å². The SMILES string of the molecule is COCc1cc(Cl)nc(C2(OC)CCCCC2)n1. The van der Waals surface area contributed by atoms with Gasteiger partial charge in [0.25, 0.3) is 0 Å². The van der Waals surface area contributed by atoms with Gasteiger partial charge in [-0.2, -0.15) is 0 Å². The van der Waals surface area contributed by atoms with Crippen molar-refractivity contribution < 1.29 is 9.47 Å². The quantitative estimate of drug-likeness (QED) is 0.789. The van der Waals surface area contributed by atoms with Crippen LogP contribution < -0.4 is 0 Å². The van der Waals surface area contributed by atoms with Crippen molar-refractivity contribution in [2.75, 3.05) is 14.2 Å². The molecule has 0 unspecified atom stereocenters. The highest BCUT2D eigenvalue weighted by Gasteiger charge is 2.37. The zero-order chi connectivity index (χ0) is 13.0. The Kier molecular flexibility index (Phi) is 4.54. The molecular weight excluding hydrogens is 252 g/mol. The summed E-state index contributed by atoms with van der Waals surface area (Å²) in [5, 5.41) is 0.453. The normalized spacial score (nSPS) is 18.8. The van der Waals surface area contributed by atoms with Crippen LogP contribution in [0.25, 0.3) is 0 Å². The molecule has 0 spiro atoms. The first-order valence-corrected chi connectivity index (χ1v) is 6.66. The van der Waals surface area contributed by atoms with E-state index in [9.17, 15) is 0 Å². The molecule has 5 heteroatoms. The average Bonchev–Trinajstić information content (AvgIpc) is 2.39. The van der Waals surface area contributed by atoms with E-state index in [4.69, 9.17) is 21.1 Å². The predicted molar refractivity (Wildman–Crippen MR) is 69.5 cm³/mol. The number of hydrogen-bond acceptors (Lipinski definition) is 4. The molecule has 0 radical (unpaired) electrons. The molecule has 1 aliphatic rings. The molecule has 100 valence electrons. The van der Waals surface area contributed by atoms with E-state index >= 15 is 0 Å². The molecule has 1 fully saturated rings. The Labute approximate surface area is 113 Å². The lowest BCUT2D eigenvalue weighted by atomic mass is 9.84. The van der Waals surface area contributed by atoms with Gasteiger partial charge < -0.3 is 9.47 Å². The summed E-state index contributed by atoms with van der Waals surface area (Å²) in [4.78, 5) is 8.90. The number of aromatic nitrogens is 2. The van der Waals surface area contributed by atoms with E-state index in [0.29, 0.717) is 17.6 Å². The molecule has 0 N–H and O–H groups in total. The van der Waals surface area contributed by atoms with Crippen LogP contribution >= 0.6 is 11.6 Å². The number of halogens is 1. The monoisotopic (exact) mass is 270 g/mol. The van der Waals surface area contributed by atoms with Gasteiger partial charge in [0.15, 0.2) is 5.82 Å². The highest BCUT2D eigenvalue weighted by Crippen LogP contribution is 2.38. The fraction of sp³-hybridized carbons (Fsp3) is 0.692. The summed E-state index contributed by atoms with van der Waals surface area (Å²) in [6.45, 7) is 0.440. The first-order valence-electron chi connectivity index (χ1n) is 6.28. The lowest BCUT2D eigenvalue weighted by Gasteiger charge is -2.34. The summed E-state index contributed by atoms with van der Waals surface area (Å²) in [6, 6.07) is 1.74. The first-order chi connectivity index (χ1) is 8.70. The molecule has 0 amide bonds. The molecule has 4 nitrogen and oxygen atoms in total. The number of nitrogens with zero attached hydrogens (tertiary/aromatic N) is 2. The molecule has 1 aromatic rings. The van der Waals surface area contributed by atoms with Crippen molar-refractivity contribution in [3.05, 3.63) is 22.7 Å². The number of methoxy groups -OCH3 is 2.